The Morgan fingerprint density at radius 2 is 1.57 bits per heavy atom. The van der Waals surface area contributed by atoms with E-state index < -0.39 is 29.5 Å². The maximum Gasteiger partial charge on any atom is 0.307 e. The number of aliphatic carboxylic acids is 1. The summed E-state index contributed by atoms with van der Waals surface area (Å²) in [5.74, 6) is -2.73. The molecule has 0 fully saturated rings. The number of carboxylic acid groups (broad SMARTS) is 1. The summed E-state index contributed by atoms with van der Waals surface area (Å²) in [6.07, 6.45) is -0.155. The second kappa shape index (κ2) is 9.83. The van der Waals surface area contributed by atoms with Crippen molar-refractivity contribution in [3.8, 4) is 10.6 Å². The van der Waals surface area contributed by atoms with Crippen LogP contribution in [-0.2, 0) is 16.0 Å². The standard InChI is InChI=1S/C29H22N2O5S/c1-17-27(37-28(30-17)20-10-6-3-7-11-20)25(34)23-24(19-8-4-2-5-9-19)31(29(36)26(23)35)21-14-12-18(13-15-21)16-22(32)33/h2-15,24,35H,16H2,1H3,(H,32,33). The summed E-state index contributed by atoms with van der Waals surface area (Å²) < 4.78 is 0. The molecule has 184 valence electrons. The maximum absolute atomic E-state index is 13.9. The summed E-state index contributed by atoms with van der Waals surface area (Å²) in [4.78, 5) is 44.6. The number of aliphatic hydroxyl groups is 1. The molecule has 37 heavy (non-hydrogen) atoms. The van der Waals surface area contributed by atoms with Gasteiger partial charge in [-0.05, 0) is 30.2 Å². The van der Waals surface area contributed by atoms with Crippen LogP contribution in [0.4, 0.5) is 5.69 Å². The molecule has 1 atom stereocenters. The Morgan fingerprint density at radius 1 is 0.946 bits per heavy atom. The fourth-order valence-electron chi connectivity index (χ4n) is 4.44. The molecule has 1 aromatic heterocycles. The van der Waals surface area contributed by atoms with Gasteiger partial charge in [-0.2, -0.15) is 0 Å². The number of hydrogen-bond donors (Lipinski definition) is 2. The van der Waals surface area contributed by atoms with Crippen LogP contribution in [0.25, 0.3) is 10.6 Å². The highest BCUT2D eigenvalue weighted by Crippen LogP contribution is 2.43. The number of Topliss-reactive ketones (excluding diaryl/α,β-unsaturated/α-hetero) is 1. The van der Waals surface area contributed by atoms with Crippen LogP contribution in [0.5, 0.6) is 0 Å². The lowest BCUT2D eigenvalue weighted by atomic mass is 9.95. The van der Waals surface area contributed by atoms with Gasteiger partial charge in [0.1, 0.15) is 5.01 Å². The number of aromatic nitrogens is 1. The predicted octanol–water partition coefficient (Wildman–Crippen LogP) is 5.53. The predicted molar refractivity (Wildman–Crippen MR) is 141 cm³/mol. The third-order valence-electron chi connectivity index (χ3n) is 6.16. The van der Waals surface area contributed by atoms with Crippen molar-refractivity contribution >= 4 is 34.7 Å². The minimum atomic E-state index is -0.964. The number of carbonyl (C=O) groups excluding carboxylic acids is 2. The van der Waals surface area contributed by atoms with Crippen LogP contribution >= 0.6 is 11.3 Å². The number of amides is 1. The van der Waals surface area contributed by atoms with Gasteiger partial charge in [0.15, 0.2) is 5.76 Å². The third kappa shape index (κ3) is 4.54. The molecule has 0 saturated heterocycles. The molecule has 1 unspecified atom stereocenters. The van der Waals surface area contributed by atoms with E-state index in [4.69, 9.17) is 5.11 Å². The van der Waals surface area contributed by atoms with Gasteiger partial charge >= 0.3 is 5.97 Å². The van der Waals surface area contributed by atoms with Crippen molar-refractivity contribution in [2.24, 2.45) is 0 Å². The summed E-state index contributed by atoms with van der Waals surface area (Å²) in [5, 5.41) is 20.8. The zero-order valence-electron chi connectivity index (χ0n) is 19.8. The smallest absolute Gasteiger partial charge is 0.307 e. The molecule has 1 aliphatic heterocycles. The number of thiazole rings is 1. The summed E-state index contributed by atoms with van der Waals surface area (Å²) in [6.45, 7) is 1.74. The van der Waals surface area contributed by atoms with Crippen molar-refractivity contribution in [3.05, 3.63) is 118 Å². The average Bonchev–Trinajstić information content (AvgIpc) is 3.42. The van der Waals surface area contributed by atoms with Gasteiger partial charge in [0, 0.05) is 11.3 Å². The number of nitrogens with zero attached hydrogens (tertiary/aromatic N) is 2. The van der Waals surface area contributed by atoms with Crippen molar-refractivity contribution in [1.29, 1.82) is 0 Å². The summed E-state index contributed by atoms with van der Waals surface area (Å²) in [6, 6.07) is 24.1. The van der Waals surface area contributed by atoms with E-state index in [2.05, 4.69) is 4.98 Å². The van der Waals surface area contributed by atoms with Crippen LogP contribution in [0.1, 0.15) is 32.5 Å². The topological polar surface area (TPSA) is 108 Å². The fraction of sp³-hybridized carbons (Fsp3) is 0.103. The highest BCUT2D eigenvalue weighted by Gasteiger charge is 2.45. The molecule has 8 heteroatoms. The van der Waals surface area contributed by atoms with Gasteiger partial charge in [0.2, 0.25) is 5.78 Å². The Bertz CT molecular complexity index is 1530. The first-order valence-corrected chi connectivity index (χ1v) is 12.4. The maximum atomic E-state index is 13.9. The second-order valence-electron chi connectivity index (χ2n) is 8.62. The fourth-order valence-corrected chi connectivity index (χ4v) is 5.46. The van der Waals surface area contributed by atoms with Gasteiger partial charge in [-0.3, -0.25) is 19.3 Å². The third-order valence-corrected chi connectivity index (χ3v) is 7.37. The zero-order chi connectivity index (χ0) is 26.1. The van der Waals surface area contributed by atoms with Crippen molar-refractivity contribution in [2.45, 2.75) is 19.4 Å². The van der Waals surface area contributed by atoms with Crippen LogP contribution in [0.3, 0.4) is 0 Å². The average molecular weight is 511 g/mol. The zero-order valence-corrected chi connectivity index (χ0v) is 20.6. The van der Waals surface area contributed by atoms with Crippen LogP contribution in [0.15, 0.2) is 96.3 Å². The molecule has 0 spiro atoms. The SMILES string of the molecule is Cc1nc(-c2ccccc2)sc1C(=O)C1=C(O)C(=O)N(c2ccc(CC(=O)O)cc2)C1c1ccccc1. The highest BCUT2D eigenvalue weighted by molar-refractivity contribution is 7.17. The Kier molecular flexibility index (Phi) is 6.42. The van der Waals surface area contributed by atoms with Crippen molar-refractivity contribution in [1.82, 2.24) is 4.98 Å². The van der Waals surface area contributed by atoms with E-state index in [0.717, 1.165) is 5.56 Å². The molecule has 4 aromatic rings. The first kappa shape index (κ1) is 24.1. The van der Waals surface area contributed by atoms with Crippen LogP contribution < -0.4 is 4.90 Å². The van der Waals surface area contributed by atoms with E-state index in [9.17, 15) is 19.5 Å². The van der Waals surface area contributed by atoms with Crippen molar-refractivity contribution in [3.63, 3.8) is 0 Å². The Hall–Kier alpha value is -4.56. The molecular weight excluding hydrogens is 488 g/mol. The Morgan fingerprint density at radius 3 is 2.19 bits per heavy atom. The molecule has 0 saturated carbocycles. The number of benzene rings is 3. The molecular formula is C29H22N2O5S. The number of rotatable bonds is 7. The Labute approximate surface area is 217 Å². The molecule has 0 aliphatic carbocycles. The monoisotopic (exact) mass is 510 g/mol. The molecule has 2 heterocycles. The quantitative estimate of drug-likeness (QED) is 0.317. The van der Waals surface area contributed by atoms with Gasteiger partial charge in [0.05, 0.1) is 28.6 Å². The van der Waals surface area contributed by atoms with E-state index in [1.54, 1.807) is 55.5 Å². The first-order valence-electron chi connectivity index (χ1n) is 11.5. The van der Waals surface area contributed by atoms with Gasteiger partial charge < -0.3 is 10.2 Å². The van der Waals surface area contributed by atoms with E-state index in [-0.39, 0.29) is 12.0 Å². The van der Waals surface area contributed by atoms with Crippen LogP contribution in [0.2, 0.25) is 0 Å². The number of aliphatic hydroxyl groups excluding tert-OH is 1. The van der Waals surface area contributed by atoms with Gasteiger partial charge in [-0.25, -0.2) is 4.98 Å². The molecule has 0 radical (unpaired) electrons. The summed E-state index contributed by atoms with van der Waals surface area (Å²) in [5.41, 5.74) is 3.04. The highest BCUT2D eigenvalue weighted by atomic mass is 32.1. The van der Waals surface area contributed by atoms with Gasteiger partial charge in [0.25, 0.3) is 5.91 Å². The minimum Gasteiger partial charge on any atom is -0.503 e. The number of hydrogen-bond acceptors (Lipinski definition) is 6. The summed E-state index contributed by atoms with van der Waals surface area (Å²) >= 11 is 1.22. The number of aryl methyl sites for hydroxylation is 1. The minimum absolute atomic E-state index is 0.0165. The largest absolute Gasteiger partial charge is 0.503 e. The normalized spacial score (nSPS) is 15.3. The molecule has 1 aliphatic rings. The lowest BCUT2D eigenvalue weighted by Crippen LogP contribution is -2.31. The first-order chi connectivity index (χ1) is 17.8. The molecule has 7 nitrogen and oxygen atoms in total. The number of ketones is 1. The van der Waals surface area contributed by atoms with E-state index in [1.165, 1.54) is 16.2 Å². The lowest BCUT2D eigenvalue weighted by molar-refractivity contribution is -0.136. The van der Waals surface area contributed by atoms with Crippen LogP contribution in [-0.4, -0.2) is 32.9 Å². The Balaban J connectivity index is 1.58. The molecule has 3 aromatic carbocycles. The van der Waals surface area contributed by atoms with Gasteiger partial charge in [-0.1, -0.05) is 72.8 Å². The van der Waals surface area contributed by atoms with Crippen LogP contribution in [0, 0.1) is 6.92 Å². The van der Waals surface area contributed by atoms with Gasteiger partial charge in [-0.15, -0.1) is 11.3 Å². The number of carboxylic acids is 1. The second-order valence-corrected chi connectivity index (χ2v) is 9.62. The number of anilines is 1. The molecule has 0 bridgehead atoms. The lowest BCUT2D eigenvalue weighted by Gasteiger charge is -2.27. The molecule has 5 rings (SSSR count). The van der Waals surface area contributed by atoms with Crippen molar-refractivity contribution < 1.29 is 24.6 Å². The summed E-state index contributed by atoms with van der Waals surface area (Å²) in [7, 11) is 0. The number of carbonyl (C=O) groups is 3. The van der Waals surface area contributed by atoms with E-state index >= 15 is 0 Å². The molecule has 1 amide bonds. The van der Waals surface area contributed by atoms with E-state index in [0.29, 0.717) is 32.4 Å². The van der Waals surface area contributed by atoms with E-state index in [1.807, 2.05) is 36.4 Å². The van der Waals surface area contributed by atoms with Crippen molar-refractivity contribution in [2.75, 3.05) is 4.90 Å². The molecule has 2 N–H and O–H groups in total.